The molecule has 4 nitrogen and oxygen atoms in total. The lowest BCUT2D eigenvalue weighted by Gasteiger charge is -2.22. The zero-order valence-electron chi connectivity index (χ0n) is 10.7. The quantitative estimate of drug-likeness (QED) is 0.762. The van der Waals surface area contributed by atoms with E-state index in [-0.39, 0.29) is 24.4 Å². The van der Waals surface area contributed by atoms with E-state index in [4.69, 9.17) is 4.74 Å². The summed E-state index contributed by atoms with van der Waals surface area (Å²) in [5.74, 6) is 0.122. The number of ether oxygens (including phenoxy) is 1. The standard InChI is InChI=1S/C13H22N2O2.ClH/c16-13(9-12-3-1-2-8-17-12)15-10-11-4-6-14-7-5-11;/h4,12,14H,1-3,5-10H2,(H,15,16);1H. The molecular formula is C13H23ClN2O2. The van der Waals surface area contributed by atoms with Gasteiger partial charge in [-0.2, -0.15) is 0 Å². The van der Waals surface area contributed by atoms with E-state index >= 15 is 0 Å². The minimum atomic E-state index is 0. The molecule has 104 valence electrons. The van der Waals surface area contributed by atoms with Gasteiger partial charge in [-0.25, -0.2) is 0 Å². The Hall–Kier alpha value is -0.580. The highest BCUT2D eigenvalue weighted by atomic mass is 35.5. The highest BCUT2D eigenvalue weighted by molar-refractivity contribution is 5.85. The lowest BCUT2D eigenvalue weighted by Crippen LogP contribution is -2.33. The number of halogens is 1. The molecule has 0 spiro atoms. The van der Waals surface area contributed by atoms with Crippen LogP contribution in [0.2, 0.25) is 0 Å². The molecule has 2 aliphatic heterocycles. The van der Waals surface area contributed by atoms with Gasteiger partial charge in [0.25, 0.3) is 0 Å². The first-order valence-electron chi connectivity index (χ1n) is 6.61. The molecule has 2 aliphatic rings. The van der Waals surface area contributed by atoms with Crippen LogP contribution in [0.3, 0.4) is 0 Å². The molecule has 0 aliphatic carbocycles. The number of hydrogen-bond acceptors (Lipinski definition) is 3. The molecule has 0 aromatic rings. The Morgan fingerprint density at radius 1 is 1.50 bits per heavy atom. The zero-order chi connectivity index (χ0) is 11.9. The van der Waals surface area contributed by atoms with Crippen molar-refractivity contribution in [2.75, 3.05) is 26.2 Å². The maximum atomic E-state index is 11.7. The molecule has 1 unspecified atom stereocenters. The first kappa shape index (κ1) is 15.5. The molecule has 1 amide bonds. The van der Waals surface area contributed by atoms with Crippen LogP contribution in [-0.4, -0.2) is 38.3 Å². The van der Waals surface area contributed by atoms with Crippen molar-refractivity contribution >= 4 is 18.3 Å². The molecule has 0 bridgehead atoms. The highest BCUT2D eigenvalue weighted by Crippen LogP contribution is 2.15. The van der Waals surface area contributed by atoms with E-state index in [9.17, 15) is 4.79 Å². The lowest BCUT2D eigenvalue weighted by molar-refractivity contribution is -0.124. The Labute approximate surface area is 115 Å². The SMILES string of the molecule is Cl.O=C(CC1CCCCO1)NCC1=CCNCC1. The molecule has 1 atom stereocenters. The third-order valence-corrected chi connectivity index (χ3v) is 3.36. The topological polar surface area (TPSA) is 50.4 Å². The summed E-state index contributed by atoms with van der Waals surface area (Å²) in [4.78, 5) is 11.7. The zero-order valence-corrected chi connectivity index (χ0v) is 11.6. The Morgan fingerprint density at radius 3 is 3.06 bits per heavy atom. The second-order valence-corrected chi connectivity index (χ2v) is 4.79. The van der Waals surface area contributed by atoms with E-state index in [2.05, 4.69) is 16.7 Å². The van der Waals surface area contributed by atoms with Gasteiger partial charge in [0, 0.05) is 19.7 Å². The van der Waals surface area contributed by atoms with E-state index in [0.29, 0.717) is 13.0 Å². The molecule has 1 saturated heterocycles. The second-order valence-electron chi connectivity index (χ2n) is 4.79. The van der Waals surface area contributed by atoms with E-state index in [1.807, 2.05) is 0 Å². The average Bonchev–Trinajstić information content (AvgIpc) is 2.39. The van der Waals surface area contributed by atoms with Crippen LogP contribution >= 0.6 is 12.4 Å². The van der Waals surface area contributed by atoms with E-state index in [0.717, 1.165) is 39.0 Å². The van der Waals surface area contributed by atoms with Crippen molar-refractivity contribution in [3.63, 3.8) is 0 Å². The van der Waals surface area contributed by atoms with Gasteiger partial charge in [-0.15, -0.1) is 12.4 Å². The molecule has 0 radical (unpaired) electrons. The molecule has 18 heavy (non-hydrogen) atoms. The van der Waals surface area contributed by atoms with Crippen LogP contribution in [0.25, 0.3) is 0 Å². The molecule has 0 aromatic heterocycles. The van der Waals surface area contributed by atoms with Gasteiger partial charge in [-0.05, 0) is 32.2 Å². The van der Waals surface area contributed by atoms with E-state index in [1.165, 1.54) is 12.0 Å². The first-order chi connectivity index (χ1) is 8.34. The van der Waals surface area contributed by atoms with Crippen molar-refractivity contribution in [3.05, 3.63) is 11.6 Å². The van der Waals surface area contributed by atoms with Crippen molar-refractivity contribution in [1.82, 2.24) is 10.6 Å². The predicted molar refractivity (Wildman–Crippen MR) is 74.0 cm³/mol. The summed E-state index contributed by atoms with van der Waals surface area (Å²) in [6.07, 6.45) is 7.23. The first-order valence-corrected chi connectivity index (χ1v) is 6.61. The smallest absolute Gasteiger partial charge is 0.222 e. The maximum absolute atomic E-state index is 11.7. The van der Waals surface area contributed by atoms with Crippen molar-refractivity contribution in [1.29, 1.82) is 0 Å². The Balaban J connectivity index is 0.00000162. The monoisotopic (exact) mass is 274 g/mol. The van der Waals surface area contributed by atoms with Crippen LogP contribution in [0.5, 0.6) is 0 Å². The van der Waals surface area contributed by atoms with Crippen LogP contribution in [-0.2, 0) is 9.53 Å². The average molecular weight is 275 g/mol. The van der Waals surface area contributed by atoms with Crippen LogP contribution in [0, 0.1) is 0 Å². The van der Waals surface area contributed by atoms with Crippen LogP contribution in [0.4, 0.5) is 0 Å². The third kappa shape index (κ3) is 5.38. The number of nitrogens with one attached hydrogen (secondary N) is 2. The van der Waals surface area contributed by atoms with Crippen LogP contribution in [0.1, 0.15) is 32.1 Å². The van der Waals surface area contributed by atoms with Crippen molar-refractivity contribution in [2.24, 2.45) is 0 Å². The molecule has 0 saturated carbocycles. The second kappa shape index (κ2) is 8.51. The normalized spacial score (nSPS) is 23.8. The number of rotatable bonds is 4. The van der Waals surface area contributed by atoms with Gasteiger partial charge in [-0.1, -0.05) is 11.6 Å². The summed E-state index contributed by atoms with van der Waals surface area (Å²) in [5, 5.41) is 6.24. The summed E-state index contributed by atoms with van der Waals surface area (Å²) >= 11 is 0. The summed E-state index contributed by atoms with van der Waals surface area (Å²) in [5.41, 5.74) is 1.33. The van der Waals surface area contributed by atoms with Gasteiger partial charge in [0.15, 0.2) is 0 Å². The van der Waals surface area contributed by atoms with Gasteiger partial charge in [0.1, 0.15) is 0 Å². The van der Waals surface area contributed by atoms with Crippen LogP contribution in [0.15, 0.2) is 11.6 Å². The van der Waals surface area contributed by atoms with Crippen molar-refractivity contribution in [2.45, 2.75) is 38.2 Å². The largest absolute Gasteiger partial charge is 0.378 e. The number of carbonyl (C=O) groups excluding carboxylic acids is 1. The van der Waals surface area contributed by atoms with Gasteiger partial charge >= 0.3 is 0 Å². The maximum Gasteiger partial charge on any atom is 0.222 e. The summed E-state index contributed by atoms with van der Waals surface area (Å²) < 4.78 is 5.55. The fourth-order valence-corrected chi connectivity index (χ4v) is 2.29. The Kier molecular flexibility index (Phi) is 7.32. The van der Waals surface area contributed by atoms with Crippen molar-refractivity contribution in [3.8, 4) is 0 Å². The van der Waals surface area contributed by atoms with Gasteiger partial charge in [0.05, 0.1) is 12.5 Å². The van der Waals surface area contributed by atoms with Gasteiger partial charge in [-0.3, -0.25) is 4.79 Å². The van der Waals surface area contributed by atoms with E-state index in [1.54, 1.807) is 0 Å². The van der Waals surface area contributed by atoms with Crippen molar-refractivity contribution < 1.29 is 9.53 Å². The molecule has 5 heteroatoms. The summed E-state index contributed by atoms with van der Waals surface area (Å²) in [6, 6.07) is 0. The minimum absolute atomic E-state index is 0. The summed E-state index contributed by atoms with van der Waals surface area (Å²) in [6.45, 7) is 3.46. The number of amides is 1. The fraction of sp³-hybridized carbons (Fsp3) is 0.769. The Bertz CT molecular complexity index is 289. The predicted octanol–water partition coefficient (Wildman–Crippen LogP) is 1.40. The molecule has 2 rings (SSSR count). The summed E-state index contributed by atoms with van der Waals surface area (Å²) in [7, 11) is 0. The third-order valence-electron chi connectivity index (χ3n) is 3.36. The lowest BCUT2D eigenvalue weighted by atomic mass is 10.1. The Morgan fingerprint density at radius 2 is 2.39 bits per heavy atom. The highest BCUT2D eigenvalue weighted by Gasteiger charge is 2.17. The molecule has 2 N–H and O–H groups in total. The molecule has 1 fully saturated rings. The molecule has 2 heterocycles. The molecular weight excluding hydrogens is 252 g/mol. The number of carbonyl (C=O) groups is 1. The van der Waals surface area contributed by atoms with Crippen LogP contribution < -0.4 is 10.6 Å². The fourth-order valence-electron chi connectivity index (χ4n) is 2.29. The van der Waals surface area contributed by atoms with Gasteiger partial charge < -0.3 is 15.4 Å². The number of hydrogen-bond donors (Lipinski definition) is 2. The van der Waals surface area contributed by atoms with Gasteiger partial charge in [0.2, 0.25) is 5.91 Å². The minimum Gasteiger partial charge on any atom is -0.378 e. The molecule has 0 aromatic carbocycles. The van der Waals surface area contributed by atoms with E-state index < -0.39 is 0 Å².